The summed E-state index contributed by atoms with van der Waals surface area (Å²) in [5.41, 5.74) is -8.72. The Morgan fingerprint density at radius 1 is 0.719 bits per heavy atom. The van der Waals surface area contributed by atoms with E-state index in [4.69, 9.17) is 0 Å². The van der Waals surface area contributed by atoms with Gasteiger partial charge in [0.1, 0.15) is 27.5 Å². The number of nitrogens with zero attached hydrogens (tertiary/aromatic N) is 2. The maximum Gasteiger partial charge on any atom is 0.302 e. The van der Waals surface area contributed by atoms with Crippen molar-refractivity contribution < 1.29 is 55.6 Å². The minimum Gasteiger partial charge on any atom is -0.507 e. The van der Waals surface area contributed by atoms with E-state index >= 15 is 0 Å². The second kappa shape index (κ2) is 6.75. The first-order valence-electron chi connectivity index (χ1n) is 7.63. The van der Waals surface area contributed by atoms with Crippen LogP contribution in [0.4, 0.5) is 11.4 Å². The number of fused-ring (bicyclic) bond motifs is 2. The van der Waals surface area contributed by atoms with Crippen LogP contribution < -0.4 is 0 Å². The van der Waals surface area contributed by atoms with Crippen LogP contribution in [0.15, 0.2) is 21.9 Å². The molecule has 1 aliphatic carbocycles. The van der Waals surface area contributed by atoms with Crippen LogP contribution in [0.2, 0.25) is 0 Å². The van der Waals surface area contributed by atoms with Crippen molar-refractivity contribution in [3.63, 3.8) is 0 Å². The highest BCUT2D eigenvalue weighted by Gasteiger charge is 2.47. The molecule has 2 aromatic carbocycles. The van der Waals surface area contributed by atoms with Gasteiger partial charge in [-0.3, -0.25) is 38.9 Å². The highest BCUT2D eigenvalue weighted by molar-refractivity contribution is 7.86. The van der Waals surface area contributed by atoms with Crippen molar-refractivity contribution in [1.29, 1.82) is 0 Å². The molecule has 168 valence electrons. The number of phenolic OH excluding ortho intramolecular Hbond substituents is 2. The molecule has 0 aliphatic heterocycles. The van der Waals surface area contributed by atoms with E-state index in [0.717, 1.165) is 0 Å². The quantitative estimate of drug-likeness (QED) is 0.216. The van der Waals surface area contributed by atoms with Crippen LogP contribution in [0, 0.1) is 20.2 Å². The third kappa shape index (κ3) is 3.13. The van der Waals surface area contributed by atoms with Crippen LogP contribution in [0.25, 0.3) is 0 Å². The molecule has 0 saturated heterocycles. The number of hydrogen-bond acceptors (Lipinski definition) is 12. The maximum atomic E-state index is 13.0. The van der Waals surface area contributed by atoms with Crippen molar-refractivity contribution in [3.05, 3.63) is 54.6 Å². The van der Waals surface area contributed by atoms with Crippen LogP contribution in [-0.2, 0) is 20.2 Å². The van der Waals surface area contributed by atoms with Crippen molar-refractivity contribution >= 4 is 43.2 Å². The third-order valence-electron chi connectivity index (χ3n) is 4.33. The summed E-state index contributed by atoms with van der Waals surface area (Å²) in [5.74, 6) is -6.69. The van der Waals surface area contributed by atoms with Gasteiger partial charge >= 0.3 is 15.8 Å². The molecule has 4 N–H and O–H groups in total. The Morgan fingerprint density at radius 2 is 1.22 bits per heavy atom. The Bertz CT molecular complexity index is 1520. The van der Waals surface area contributed by atoms with Crippen molar-refractivity contribution in [2.24, 2.45) is 0 Å². The summed E-state index contributed by atoms with van der Waals surface area (Å²) in [4.78, 5) is 42.6. The maximum absolute atomic E-state index is 13.0. The van der Waals surface area contributed by atoms with E-state index in [2.05, 4.69) is 0 Å². The van der Waals surface area contributed by atoms with Gasteiger partial charge in [-0.1, -0.05) is 0 Å². The number of phenols is 2. The standard InChI is InChI=1S/C14H6N2O14S2/c17-4-2-5(31(25,26)27)11(16(23)24)9-8(4)13(19)7-3(15(21)22)1-6(32(28,29)30)12(18)10(7)14(9)20/h1-2,17-18H,(H,25,26,27)(H,28,29,30). The summed E-state index contributed by atoms with van der Waals surface area (Å²) in [6, 6.07) is 0.0956. The van der Waals surface area contributed by atoms with Crippen molar-refractivity contribution in [3.8, 4) is 11.5 Å². The van der Waals surface area contributed by atoms with Crippen LogP contribution in [0.3, 0.4) is 0 Å². The average molecular weight is 490 g/mol. The number of hydrogen-bond donors (Lipinski definition) is 4. The Labute approximate surface area is 175 Å². The number of rotatable bonds is 4. The molecule has 18 heteroatoms. The largest absolute Gasteiger partial charge is 0.507 e. The second-order valence-corrected chi connectivity index (χ2v) is 8.89. The monoisotopic (exact) mass is 490 g/mol. The number of carbonyl (C=O) groups excluding carboxylic acids is 2. The Kier molecular flexibility index (Phi) is 4.78. The van der Waals surface area contributed by atoms with E-state index in [9.17, 15) is 66.0 Å². The Hall–Kier alpha value is -4.00. The molecule has 0 bridgehead atoms. The molecular formula is C14H6N2O14S2. The average Bonchev–Trinajstić information content (AvgIpc) is 2.62. The van der Waals surface area contributed by atoms with Gasteiger partial charge in [0, 0.05) is 12.1 Å². The van der Waals surface area contributed by atoms with Crippen LogP contribution in [0.5, 0.6) is 11.5 Å². The summed E-state index contributed by atoms with van der Waals surface area (Å²) in [5, 5.41) is 43.1. The molecule has 0 atom stereocenters. The van der Waals surface area contributed by atoms with Gasteiger partial charge < -0.3 is 10.2 Å². The number of benzene rings is 2. The fourth-order valence-electron chi connectivity index (χ4n) is 3.14. The van der Waals surface area contributed by atoms with Gasteiger partial charge in [0.25, 0.3) is 15.8 Å². The summed E-state index contributed by atoms with van der Waals surface area (Å²) in [7, 11) is -10.9. The van der Waals surface area contributed by atoms with Gasteiger partial charge in [-0.15, -0.1) is 0 Å². The zero-order valence-corrected chi connectivity index (χ0v) is 16.4. The molecule has 0 aromatic heterocycles. The predicted molar refractivity (Wildman–Crippen MR) is 96.0 cm³/mol. The molecule has 0 amide bonds. The Balaban J connectivity index is 2.63. The molecule has 16 nitrogen and oxygen atoms in total. The van der Waals surface area contributed by atoms with Crippen molar-refractivity contribution in [2.75, 3.05) is 0 Å². The number of aromatic hydroxyl groups is 2. The second-order valence-electron chi connectivity index (χ2n) is 6.11. The molecule has 0 heterocycles. The minimum atomic E-state index is -5.49. The minimum absolute atomic E-state index is 0.0394. The van der Waals surface area contributed by atoms with Gasteiger partial charge in [-0.05, 0) is 0 Å². The van der Waals surface area contributed by atoms with Gasteiger partial charge in [0.2, 0.25) is 11.6 Å². The van der Waals surface area contributed by atoms with Crippen LogP contribution in [-0.4, -0.2) is 57.6 Å². The first kappa shape index (κ1) is 22.7. The van der Waals surface area contributed by atoms with Crippen LogP contribution in [0.1, 0.15) is 31.8 Å². The number of nitro benzene ring substituents is 2. The highest BCUT2D eigenvalue weighted by Crippen LogP contribution is 2.47. The molecule has 3 rings (SSSR count). The van der Waals surface area contributed by atoms with Gasteiger partial charge in [-0.25, -0.2) is 0 Å². The molecule has 0 saturated carbocycles. The molecule has 32 heavy (non-hydrogen) atoms. The normalized spacial score (nSPS) is 13.4. The van der Waals surface area contributed by atoms with Crippen molar-refractivity contribution in [2.45, 2.75) is 9.79 Å². The summed E-state index contributed by atoms with van der Waals surface area (Å²) in [6.45, 7) is 0. The molecule has 2 aromatic rings. The van der Waals surface area contributed by atoms with Gasteiger partial charge in [0.05, 0.1) is 21.0 Å². The lowest BCUT2D eigenvalue weighted by molar-refractivity contribution is -0.388. The highest BCUT2D eigenvalue weighted by atomic mass is 32.2. The molecule has 0 unspecified atom stereocenters. The van der Waals surface area contributed by atoms with Crippen molar-refractivity contribution in [1.82, 2.24) is 0 Å². The van der Waals surface area contributed by atoms with E-state index in [1.807, 2.05) is 0 Å². The molecule has 0 spiro atoms. The van der Waals surface area contributed by atoms with E-state index < -0.39 is 96.6 Å². The van der Waals surface area contributed by atoms with E-state index in [0.29, 0.717) is 0 Å². The van der Waals surface area contributed by atoms with Gasteiger partial charge in [0.15, 0.2) is 4.90 Å². The lowest BCUT2D eigenvalue weighted by atomic mass is 9.81. The topological polar surface area (TPSA) is 270 Å². The first-order chi connectivity index (χ1) is 14.5. The SMILES string of the molecule is O=C1c2c(O)cc(S(=O)(=O)O)c([N+](=O)[O-])c2C(=O)c2c(O)c(S(=O)(=O)O)cc([N+](=O)[O-])c21. The number of ketones is 2. The van der Waals surface area contributed by atoms with E-state index in [1.54, 1.807) is 0 Å². The molecular weight excluding hydrogens is 484 g/mol. The predicted octanol–water partition coefficient (Wildman–Crippen LogP) is 0.183. The molecule has 0 radical (unpaired) electrons. The lowest BCUT2D eigenvalue weighted by Crippen LogP contribution is -2.25. The summed E-state index contributed by atoms with van der Waals surface area (Å²) >= 11 is 0. The van der Waals surface area contributed by atoms with E-state index in [-0.39, 0.29) is 12.1 Å². The molecule has 0 fully saturated rings. The molecule has 1 aliphatic rings. The Morgan fingerprint density at radius 3 is 1.66 bits per heavy atom. The first-order valence-corrected chi connectivity index (χ1v) is 10.5. The number of carbonyl (C=O) groups is 2. The fraction of sp³-hybridized carbons (Fsp3) is 0. The zero-order valence-electron chi connectivity index (χ0n) is 14.7. The summed E-state index contributed by atoms with van der Waals surface area (Å²) in [6.07, 6.45) is 0. The van der Waals surface area contributed by atoms with E-state index in [1.165, 1.54) is 0 Å². The summed E-state index contributed by atoms with van der Waals surface area (Å²) < 4.78 is 64.4. The van der Waals surface area contributed by atoms with Gasteiger partial charge in [-0.2, -0.15) is 16.8 Å². The lowest BCUT2D eigenvalue weighted by Gasteiger charge is -2.20. The third-order valence-corrected chi connectivity index (χ3v) is 6.07. The number of nitro groups is 2. The smallest absolute Gasteiger partial charge is 0.302 e. The zero-order chi connectivity index (χ0) is 24.5. The fourth-order valence-corrected chi connectivity index (χ4v) is 4.43. The van der Waals surface area contributed by atoms with Crippen LogP contribution >= 0.6 is 0 Å².